The fraction of sp³-hybridized carbons (Fsp3) is 0.300. The summed E-state index contributed by atoms with van der Waals surface area (Å²) in [6, 6.07) is 13.3. The standard InChI is InChI=1S/C20H19N3O5S/c21-12-15-3-1-2-4-19(15)29(25,26)23-9-7-14(8-10-23)20(24)22-16-5-6-17-18(11-16)28-13-27-17/h1-6,11,14H,7-10,13H2,(H,22,24). The quantitative estimate of drug-likeness (QED) is 0.824. The average molecular weight is 413 g/mol. The highest BCUT2D eigenvalue weighted by molar-refractivity contribution is 7.89. The zero-order valence-corrected chi connectivity index (χ0v) is 16.3. The van der Waals surface area contributed by atoms with Crippen molar-refractivity contribution >= 4 is 21.6 Å². The van der Waals surface area contributed by atoms with Crippen molar-refractivity contribution in [1.82, 2.24) is 4.31 Å². The first-order valence-corrected chi connectivity index (χ1v) is 10.6. The minimum absolute atomic E-state index is 0.00533. The summed E-state index contributed by atoms with van der Waals surface area (Å²) in [4.78, 5) is 12.6. The van der Waals surface area contributed by atoms with Crippen molar-refractivity contribution in [3.05, 3.63) is 48.0 Å². The Hall–Kier alpha value is -3.09. The molecule has 0 atom stereocenters. The number of ether oxygens (including phenoxy) is 2. The molecule has 2 aromatic rings. The Balaban J connectivity index is 1.40. The molecule has 0 aliphatic carbocycles. The Labute approximate surface area is 168 Å². The summed E-state index contributed by atoms with van der Waals surface area (Å²) in [5.74, 6) is 0.774. The molecule has 2 aliphatic heterocycles. The summed E-state index contributed by atoms with van der Waals surface area (Å²) < 4.78 is 37.7. The van der Waals surface area contributed by atoms with Crippen LogP contribution in [0.25, 0.3) is 0 Å². The van der Waals surface area contributed by atoms with Crippen LogP contribution in [-0.2, 0) is 14.8 Å². The van der Waals surface area contributed by atoms with E-state index in [0.29, 0.717) is 30.0 Å². The number of carbonyl (C=O) groups excluding carboxylic acids is 1. The zero-order valence-electron chi connectivity index (χ0n) is 15.5. The van der Waals surface area contributed by atoms with E-state index in [1.165, 1.54) is 16.4 Å². The van der Waals surface area contributed by atoms with Gasteiger partial charge in [-0.05, 0) is 37.1 Å². The van der Waals surface area contributed by atoms with Gasteiger partial charge in [-0.25, -0.2) is 8.42 Å². The van der Waals surface area contributed by atoms with Crippen LogP contribution >= 0.6 is 0 Å². The van der Waals surface area contributed by atoms with Gasteiger partial charge in [-0.3, -0.25) is 4.79 Å². The predicted octanol–water partition coefficient (Wildman–Crippen LogP) is 2.33. The van der Waals surface area contributed by atoms with Gasteiger partial charge in [-0.1, -0.05) is 12.1 Å². The number of benzene rings is 2. The first-order chi connectivity index (χ1) is 14.0. The predicted molar refractivity (Wildman–Crippen MR) is 104 cm³/mol. The summed E-state index contributed by atoms with van der Waals surface area (Å²) in [6.07, 6.45) is 0.814. The Morgan fingerprint density at radius 2 is 1.83 bits per heavy atom. The zero-order chi connectivity index (χ0) is 20.4. The van der Waals surface area contributed by atoms with E-state index in [1.54, 1.807) is 30.3 Å². The second-order valence-corrected chi connectivity index (χ2v) is 8.75. The monoisotopic (exact) mass is 413 g/mol. The highest BCUT2D eigenvalue weighted by Gasteiger charge is 2.33. The van der Waals surface area contributed by atoms with E-state index in [1.807, 2.05) is 6.07 Å². The Morgan fingerprint density at radius 3 is 2.59 bits per heavy atom. The van der Waals surface area contributed by atoms with Gasteiger partial charge in [0.1, 0.15) is 6.07 Å². The van der Waals surface area contributed by atoms with Gasteiger partial charge >= 0.3 is 0 Å². The number of piperidine rings is 1. The summed E-state index contributed by atoms with van der Waals surface area (Å²) >= 11 is 0. The van der Waals surface area contributed by atoms with E-state index in [4.69, 9.17) is 9.47 Å². The maximum absolute atomic E-state index is 12.9. The van der Waals surface area contributed by atoms with Gasteiger partial charge in [0.25, 0.3) is 0 Å². The normalized spacial score (nSPS) is 16.9. The molecule has 29 heavy (non-hydrogen) atoms. The van der Waals surface area contributed by atoms with Gasteiger partial charge < -0.3 is 14.8 Å². The Bertz CT molecular complexity index is 1090. The van der Waals surface area contributed by atoms with Crippen molar-refractivity contribution in [3.8, 4) is 17.6 Å². The van der Waals surface area contributed by atoms with Gasteiger partial charge in [0, 0.05) is 30.8 Å². The number of carbonyl (C=O) groups is 1. The molecule has 1 amide bonds. The molecule has 0 unspecified atom stereocenters. The fourth-order valence-corrected chi connectivity index (χ4v) is 5.11. The molecular formula is C20H19N3O5S. The molecule has 0 saturated carbocycles. The van der Waals surface area contributed by atoms with Crippen LogP contribution in [0.15, 0.2) is 47.4 Å². The molecule has 1 N–H and O–H groups in total. The van der Waals surface area contributed by atoms with Gasteiger partial charge in [0.15, 0.2) is 11.5 Å². The molecule has 150 valence electrons. The third-order valence-corrected chi connectivity index (χ3v) is 7.05. The molecule has 2 aliphatic rings. The smallest absolute Gasteiger partial charge is 0.244 e. The summed E-state index contributed by atoms with van der Waals surface area (Å²) in [7, 11) is -3.77. The van der Waals surface area contributed by atoms with Crippen molar-refractivity contribution < 1.29 is 22.7 Å². The molecule has 0 radical (unpaired) electrons. The van der Waals surface area contributed by atoms with E-state index >= 15 is 0 Å². The molecule has 0 spiro atoms. The van der Waals surface area contributed by atoms with E-state index < -0.39 is 10.0 Å². The Kier molecular flexibility index (Phi) is 5.13. The topological polar surface area (TPSA) is 109 Å². The third-order valence-electron chi connectivity index (χ3n) is 5.09. The highest BCUT2D eigenvalue weighted by atomic mass is 32.2. The molecule has 0 aromatic heterocycles. The Morgan fingerprint density at radius 1 is 1.10 bits per heavy atom. The van der Waals surface area contributed by atoms with Crippen LogP contribution in [0, 0.1) is 17.2 Å². The molecule has 4 rings (SSSR count). The molecular weight excluding hydrogens is 394 g/mol. The minimum atomic E-state index is -3.77. The minimum Gasteiger partial charge on any atom is -0.454 e. The molecule has 1 fully saturated rings. The molecule has 2 aromatic carbocycles. The van der Waals surface area contributed by atoms with Crippen LogP contribution < -0.4 is 14.8 Å². The number of rotatable bonds is 4. The van der Waals surface area contributed by atoms with E-state index in [2.05, 4.69) is 5.32 Å². The number of nitrogens with zero attached hydrogens (tertiary/aromatic N) is 2. The third kappa shape index (κ3) is 3.77. The van der Waals surface area contributed by atoms with Crippen molar-refractivity contribution in [2.24, 2.45) is 5.92 Å². The summed E-state index contributed by atoms with van der Waals surface area (Å²) in [5, 5.41) is 12.1. The summed E-state index contributed by atoms with van der Waals surface area (Å²) in [6.45, 7) is 0.608. The van der Waals surface area contributed by atoms with Crippen LogP contribution in [0.4, 0.5) is 5.69 Å². The van der Waals surface area contributed by atoms with Crippen molar-refractivity contribution in [2.75, 3.05) is 25.2 Å². The second-order valence-electron chi connectivity index (χ2n) is 6.84. The maximum Gasteiger partial charge on any atom is 0.244 e. The molecule has 8 nitrogen and oxygen atoms in total. The molecule has 9 heteroatoms. The number of sulfonamides is 1. The lowest BCUT2D eigenvalue weighted by Crippen LogP contribution is -2.41. The summed E-state index contributed by atoms with van der Waals surface area (Å²) in [5.41, 5.74) is 0.729. The number of nitriles is 1. The van der Waals surface area contributed by atoms with Crippen LogP contribution in [0.5, 0.6) is 11.5 Å². The number of hydrogen-bond donors (Lipinski definition) is 1. The maximum atomic E-state index is 12.9. The average Bonchev–Trinajstić information content (AvgIpc) is 3.21. The van der Waals surface area contributed by atoms with E-state index in [-0.39, 0.29) is 42.2 Å². The molecule has 0 bridgehead atoms. The van der Waals surface area contributed by atoms with Crippen LogP contribution in [0.2, 0.25) is 0 Å². The van der Waals surface area contributed by atoms with Crippen molar-refractivity contribution in [1.29, 1.82) is 5.26 Å². The number of nitrogens with one attached hydrogen (secondary N) is 1. The van der Waals surface area contributed by atoms with Crippen LogP contribution in [-0.4, -0.2) is 38.5 Å². The fourth-order valence-electron chi connectivity index (χ4n) is 3.50. The molecule has 1 saturated heterocycles. The molecule has 2 heterocycles. The van der Waals surface area contributed by atoms with Crippen LogP contribution in [0.3, 0.4) is 0 Å². The van der Waals surface area contributed by atoms with E-state index in [0.717, 1.165) is 0 Å². The number of fused-ring (bicyclic) bond motifs is 1. The number of hydrogen-bond acceptors (Lipinski definition) is 6. The first kappa shape index (κ1) is 19.2. The number of anilines is 1. The lowest BCUT2D eigenvalue weighted by atomic mass is 9.97. The van der Waals surface area contributed by atoms with Crippen LogP contribution in [0.1, 0.15) is 18.4 Å². The van der Waals surface area contributed by atoms with Gasteiger partial charge in [0.05, 0.1) is 10.5 Å². The largest absolute Gasteiger partial charge is 0.454 e. The van der Waals surface area contributed by atoms with Gasteiger partial charge in [0.2, 0.25) is 22.7 Å². The van der Waals surface area contributed by atoms with Crippen molar-refractivity contribution in [2.45, 2.75) is 17.7 Å². The van der Waals surface area contributed by atoms with Gasteiger partial charge in [-0.2, -0.15) is 9.57 Å². The lowest BCUT2D eigenvalue weighted by Gasteiger charge is -2.30. The first-order valence-electron chi connectivity index (χ1n) is 9.19. The van der Waals surface area contributed by atoms with Crippen molar-refractivity contribution in [3.63, 3.8) is 0 Å². The van der Waals surface area contributed by atoms with Gasteiger partial charge in [-0.15, -0.1) is 0 Å². The SMILES string of the molecule is N#Cc1ccccc1S(=O)(=O)N1CCC(C(=O)Nc2ccc3c(c2)OCO3)CC1. The second kappa shape index (κ2) is 7.73. The highest BCUT2D eigenvalue weighted by Crippen LogP contribution is 2.34. The lowest BCUT2D eigenvalue weighted by molar-refractivity contribution is -0.120. The number of amides is 1. The van der Waals surface area contributed by atoms with E-state index in [9.17, 15) is 18.5 Å².